The van der Waals surface area contributed by atoms with Crippen LogP contribution in [0.2, 0.25) is 0 Å². The predicted molar refractivity (Wildman–Crippen MR) is 116 cm³/mol. The van der Waals surface area contributed by atoms with E-state index < -0.39 is 24.7 Å². The van der Waals surface area contributed by atoms with Crippen LogP contribution in [-0.4, -0.2) is 61.6 Å². The molecule has 0 aliphatic heterocycles. The Morgan fingerprint density at radius 1 is 1.17 bits per heavy atom. The molecule has 3 heterocycles. The minimum atomic E-state index is -4.59. The molecule has 3 aromatic heterocycles. The molecule has 0 aromatic carbocycles. The van der Waals surface area contributed by atoms with Crippen molar-refractivity contribution in [2.75, 3.05) is 24.2 Å². The Bertz CT molecular complexity index is 1220. The summed E-state index contributed by atoms with van der Waals surface area (Å²) in [4.78, 5) is 45.9. The second-order valence-electron chi connectivity index (χ2n) is 7.67. The van der Waals surface area contributed by atoms with Gasteiger partial charge in [-0.05, 0) is 25.0 Å². The van der Waals surface area contributed by atoms with Crippen molar-refractivity contribution in [2.24, 2.45) is 0 Å². The molecule has 14 heteroatoms. The molecule has 0 radical (unpaired) electrons. The van der Waals surface area contributed by atoms with Crippen molar-refractivity contribution < 1.29 is 27.5 Å². The molecule has 0 unspecified atom stereocenters. The van der Waals surface area contributed by atoms with Gasteiger partial charge in [-0.3, -0.25) is 10.1 Å². The number of alkyl halides is 3. The van der Waals surface area contributed by atoms with E-state index in [9.17, 15) is 22.8 Å². The van der Waals surface area contributed by atoms with Crippen molar-refractivity contribution >= 4 is 29.2 Å². The highest BCUT2D eigenvalue weighted by Crippen LogP contribution is 2.40. The zero-order valence-corrected chi connectivity index (χ0v) is 18.3. The van der Waals surface area contributed by atoms with Gasteiger partial charge in [0.2, 0.25) is 0 Å². The van der Waals surface area contributed by atoms with Crippen LogP contribution in [0.15, 0.2) is 43.2 Å². The summed E-state index contributed by atoms with van der Waals surface area (Å²) in [5.74, 6) is -0.831. The molecule has 1 saturated carbocycles. The van der Waals surface area contributed by atoms with Gasteiger partial charge in [0.1, 0.15) is 12.9 Å². The zero-order valence-electron chi connectivity index (χ0n) is 18.3. The molecule has 3 aromatic rings. The van der Waals surface area contributed by atoms with E-state index in [4.69, 9.17) is 4.74 Å². The Labute approximate surface area is 196 Å². The molecular formula is C21H19F3N8O3. The molecule has 0 bridgehead atoms. The van der Waals surface area contributed by atoms with Gasteiger partial charge < -0.3 is 15.0 Å². The van der Waals surface area contributed by atoms with E-state index in [0.717, 1.165) is 19.9 Å². The van der Waals surface area contributed by atoms with Crippen molar-refractivity contribution in [1.82, 2.24) is 29.8 Å². The van der Waals surface area contributed by atoms with Gasteiger partial charge in [0.05, 0.1) is 35.7 Å². The fraction of sp³-hybridized carbons (Fsp3) is 0.286. The lowest BCUT2D eigenvalue weighted by Crippen LogP contribution is -2.36. The fourth-order valence-electron chi connectivity index (χ4n) is 3.04. The Morgan fingerprint density at radius 2 is 1.91 bits per heavy atom. The van der Waals surface area contributed by atoms with Crippen LogP contribution in [0, 0.1) is 0 Å². The molecule has 0 spiro atoms. The van der Waals surface area contributed by atoms with Crippen LogP contribution in [0.3, 0.4) is 0 Å². The van der Waals surface area contributed by atoms with Crippen LogP contribution in [0.5, 0.6) is 5.88 Å². The Hall–Kier alpha value is -4.36. The SMILES string of the molecule is CN(CC(F)(F)F)C(=O)c1ncccc1NC(=O)Oc1nc(C2CC2)cnc1Nc1cncnc1. The topological polar surface area (TPSA) is 135 Å². The average molecular weight is 488 g/mol. The van der Waals surface area contributed by atoms with E-state index in [1.54, 1.807) is 6.20 Å². The fourth-order valence-corrected chi connectivity index (χ4v) is 3.04. The number of hydrogen-bond acceptors (Lipinski definition) is 9. The number of rotatable bonds is 7. The summed E-state index contributed by atoms with van der Waals surface area (Å²) in [5.41, 5.74) is 0.607. The van der Waals surface area contributed by atoms with Gasteiger partial charge in [-0.25, -0.2) is 29.7 Å². The molecule has 2 N–H and O–H groups in total. The minimum Gasteiger partial charge on any atom is -0.387 e. The van der Waals surface area contributed by atoms with Crippen LogP contribution in [0.25, 0.3) is 0 Å². The highest BCUT2D eigenvalue weighted by Gasteiger charge is 2.33. The lowest BCUT2D eigenvalue weighted by molar-refractivity contribution is -0.138. The summed E-state index contributed by atoms with van der Waals surface area (Å²) < 4.78 is 43.4. The first kappa shape index (κ1) is 23.8. The minimum absolute atomic E-state index is 0.117. The Balaban J connectivity index is 1.53. The number of hydrogen-bond donors (Lipinski definition) is 2. The first-order valence-corrected chi connectivity index (χ1v) is 10.3. The van der Waals surface area contributed by atoms with E-state index >= 15 is 0 Å². The van der Waals surface area contributed by atoms with Crippen molar-refractivity contribution in [3.8, 4) is 5.88 Å². The van der Waals surface area contributed by atoms with Gasteiger partial charge >= 0.3 is 12.3 Å². The lowest BCUT2D eigenvalue weighted by Gasteiger charge is -2.19. The quantitative estimate of drug-likeness (QED) is 0.512. The lowest BCUT2D eigenvalue weighted by atomic mass is 10.2. The van der Waals surface area contributed by atoms with E-state index in [0.29, 0.717) is 16.3 Å². The average Bonchev–Trinajstić information content (AvgIpc) is 3.65. The van der Waals surface area contributed by atoms with Gasteiger partial charge in [0.25, 0.3) is 11.8 Å². The number of anilines is 3. The van der Waals surface area contributed by atoms with Crippen molar-refractivity contribution in [3.05, 3.63) is 54.6 Å². The largest absolute Gasteiger partial charge is 0.418 e. The first-order valence-electron chi connectivity index (χ1n) is 10.3. The Kier molecular flexibility index (Phi) is 6.71. The summed E-state index contributed by atoms with van der Waals surface area (Å²) >= 11 is 0. The molecule has 1 aliphatic carbocycles. The number of pyridine rings is 1. The van der Waals surface area contributed by atoms with Gasteiger partial charge in [0, 0.05) is 19.2 Å². The number of carbonyl (C=O) groups excluding carboxylic acids is 2. The summed E-state index contributed by atoms with van der Waals surface area (Å²) in [6.07, 6.45) is 3.35. The van der Waals surface area contributed by atoms with Gasteiger partial charge in [-0.2, -0.15) is 13.2 Å². The number of halogens is 3. The number of nitrogens with one attached hydrogen (secondary N) is 2. The van der Waals surface area contributed by atoms with Gasteiger partial charge in [0.15, 0.2) is 11.5 Å². The van der Waals surface area contributed by atoms with Crippen LogP contribution in [-0.2, 0) is 0 Å². The molecule has 1 fully saturated rings. The summed E-state index contributed by atoms with van der Waals surface area (Å²) in [5, 5.41) is 5.25. The van der Waals surface area contributed by atoms with E-state index in [1.807, 2.05) is 0 Å². The van der Waals surface area contributed by atoms with Gasteiger partial charge in [-0.1, -0.05) is 0 Å². The van der Waals surface area contributed by atoms with Crippen LogP contribution in [0.1, 0.15) is 34.9 Å². The highest BCUT2D eigenvalue weighted by atomic mass is 19.4. The first-order chi connectivity index (χ1) is 16.7. The molecular weight excluding hydrogens is 469 g/mol. The summed E-state index contributed by atoms with van der Waals surface area (Å²) in [6.45, 7) is -1.48. The molecule has 4 rings (SSSR count). The molecule has 2 amide bonds. The monoisotopic (exact) mass is 488 g/mol. The van der Waals surface area contributed by atoms with E-state index in [1.165, 1.54) is 37.1 Å². The summed E-state index contributed by atoms with van der Waals surface area (Å²) in [7, 11) is 0.983. The molecule has 11 nitrogen and oxygen atoms in total. The maximum atomic E-state index is 12.7. The number of aromatic nitrogens is 5. The van der Waals surface area contributed by atoms with Crippen LogP contribution < -0.4 is 15.4 Å². The molecule has 35 heavy (non-hydrogen) atoms. The van der Waals surface area contributed by atoms with Crippen molar-refractivity contribution in [3.63, 3.8) is 0 Å². The number of ether oxygens (including phenoxy) is 1. The molecule has 0 saturated heterocycles. The maximum Gasteiger partial charge on any atom is 0.418 e. The highest BCUT2D eigenvalue weighted by molar-refractivity contribution is 6.01. The van der Waals surface area contributed by atoms with Crippen molar-refractivity contribution in [1.29, 1.82) is 0 Å². The van der Waals surface area contributed by atoms with E-state index in [2.05, 4.69) is 35.6 Å². The van der Waals surface area contributed by atoms with Gasteiger partial charge in [-0.15, -0.1) is 0 Å². The normalized spacial score (nSPS) is 13.1. The summed E-state index contributed by atoms with van der Waals surface area (Å²) in [6, 6.07) is 2.72. The molecule has 182 valence electrons. The third kappa shape index (κ3) is 6.37. The second kappa shape index (κ2) is 9.87. The van der Waals surface area contributed by atoms with E-state index in [-0.39, 0.29) is 29.0 Å². The smallest absolute Gasteiger partial charge is 0.387 e. The second-order valence-corrected chi connectivity index (χ2v) is 7.67. The number of carbonyl (C=O) groups is 2. The van der Waals surface area contributed by atoms with Crippen LogP contribution in [0.4, 0.5) is 35.2 Å². The Morgan fingerprint density at radius 3 is 2.60 bits per heavy atom. The number of amides is 2. The standard InChI is InChI=1S/C21H19F3N8O3/c1-32(10-21(22,23)24)19(33)16-14(3-2-6-27-16)31-20(34)35-18-17(29-13-7-25-11-26-8-13)28-9-15(30-18)12-4-5-12/h2-3,6-9,11-12H,4-5,10H2,1H3,(H,28,29)(H,31,34). The zero-order chi connectivity index (χ0) is 25.0. The maximum absolute atomic E-state index is 12.7. The third-order valence-electron chi connectivity index (χ3n) is 4.78. The number of nitrogens with zero attached hydrogens (tertiary/aromatic N) is 6. The van der Waals surface area contributed by atoms with Crippen LogP contribution >= 0.6 is 0 Å². The molecule has 1 aliphatic rings. The van der Waals surface area contributed by atoms with Crippen molar-refractivity contribution in [2.45, 2.75) is 24.9 Å². The third-order valence-corrected chi connectivity index (χ3v) is 4.78. The molecule has 0 atom stereocenters. The predicted octanol–water partition coefficient (Wildman–Crippen LogP) is 3.53.